The molecular formula is C12H22N6. The fourth-order valence-electron chi connectivity index (χ4n) is 2.33. The van der Waals surface area contributed by atoms with Crippen molar-refractivity contribution in [1.29, 1.82) is 0 Å². The van der Waals surface area contributed by atoms with Gasteiger partial charge in [-0.3, -0.25) is 4.90 Å². The largest absolute Gasteiger partial charge is 0.368 e. The van der Waals surface area contributed by atoms with Crippen molar-refractivity contribution in [1.82, 2.24) is 19.9 Å². The molecule has 1 saturated heterocycles. The van der Waals surface area contributed by atoms with Crippen molar-refractivity contribution in [3.05, 3.63) is 5.82 Å². The topological polar surface area (TPSA) is 71.2 Å². The lowest BCUT2D eigenvalue weighted by Crippen LogP contribution is -2.34. The van der Waals surface area contributed by atoms with Crippen LogP contribution in [0.4, 0.5) is 11.9 Å². The first-order valence-electron chi connectivity index (χ1n) is 6.44. The minimum atomic E-state index is 0.300. The van der Waals surface area contributed by atoms with Gasteiger partial charge in [-0.1, -0.05) is 6.92 Å². The third kappa shape index (κ3) is 3.29. The Morgan fingerprint density at radius 1 is 1.33 bits per heavy atom. The summed E-state index contributed by atoms with van der Waals surface area (Å²) in [7, 11) is 3.81. The minimum absolute atomic E-state index is 0.300. The van der Waals surface area contributed by atoms with E-state index >= 15 is 0 Å². The monoisotopic (exact) mass is 250 g/mol. The summed E-state index contributed by atoms with van der Waals surface area (Å²) in [5.74, 6) is 2.45. The molecule has 0 saturated carbocycles. The molecule has 1 aromatic rings. The van der Waals surface area contributed by atoms with Crippen molar-refractivity contribution < 1.29 is 0 Å². The molecule has 0 amide bonds. The Morgan fingerprint density at radius 3 is 2.78 bits per heavy atom. The molecule has 0 bridgehead atoms. The van der Waals surface area contributed by atoms with Gasteiger partial charge in [-0.05, 0) is 25.3 Å². The second-order valence-corrected chi connectivity index (χ2v) is 5.29. The van der Waals surface area contributed by atoms with Gasteiger partial charge < -0.3 is 10.6 Å². The molecule has 0 spiro atoms. The number of aromatic nitrogens is 3. The van der Waals surface area contributed by atoms with E-state index in [9.17, 15) is 0 Å². The molecule has 1 aromatic heterocycles. The average molecular weight is 250 g/mol. The zero-order valence-corrected chi connectivity index (χ0v) is 11.4. The van der Waals surface area contributed by atoms with Crippen molar-refractivity contribution in [3.63, 3.8) is 0 Å². The summed E-state index contributed by atoms with van der Waals surface area (Å²) in [5, 5.41) is 0. The predicted octanol–water partition coefficient (Wildman–Crippen LogP) is 0.752. The third-order valence-electron chi connectivity index (χ3n) is 3.19. The van der Waals surface area contributed by atoms with E-state index in [4.69, 9.17) is 5.73 Å². The molecular weight excluding hydrogens is 228 g/mol. The van der Waals surface area contributed by atoms with Crippen molar-refractivity contribution in [3.8, 4) is 0 Å². The normalized spacial score (nSPS) is 20.9. The summed E-state index contributed by atoms with van der Waals surface area (Å²) < 4.78 is 0. The Bertz CT molecular complexity index is 406. The van der Waals surface area contributed by atoms with Crippen LogP contribution in [0.1, 0.15) is 25.6 Å². The molecule has 1 aliphatic heterocycles. The second kappa shape index (κ2) is 5.48. The standard InChI is InChI=1S/C12H22N6/c1-9-5-4-6-18(7-9)8-10-14-11(13)16-12(15-10)17(2)3/h9H,4-8H2,1-3H3,(H2,13,14,15,16). The van der Waals surface area contributed by atoms with Gasteiger partial charge in [0, 0.05) is 20.6 Å². The predicted molar refractivity (Wildman–Crippen MR) is 72.2 cm³/mol. The number of rotatable bonds is 3. The Kier molecular flexibility index (Phi) is 3.96. The number of nitrogens with two attached hydrogens (primary N) is 1. The Balaban J connectivity index is 2.08. The van der Waals surface area contributed by atoms with Gasteiger partial charge in [0.25, 0.3) is 0 Å². The molecule has 1 fully saturated rings. The molecule has 1 atom stereocenters. The zero-order valence-electron chi connectivity index (χ0n) is 11.4. The van der Waals surface area contributed by atoms with Crippen molar-refractivity contribution in [2.75, 3.05) is 37.8 Å². The maximum absolute atomic E-state index is 5.72. The number of hydrogen-bond acceptors (Lipinski definition) is 6. The highest BCUT2D eigenvalue weighted by atomic mass is 15.3. The number of hydrogen-bond donors (Lipinski definition) is 1. The van der Waals surface area contributed by atoms with E-state index in [-0.39, 0.29) is 0 Å². The highest BCUT2D eigenvalue weighted by Gasteiger charge is 2.18. The van der Waals surface area contributed by atoms with Crippen LogP contribution in [0.3, 0.4) is 0 Å². The summed E-state index contributed by atoms with van der Waals surface area (Å²) in [6, 6.07) is 0. The zero-order chi connectivity index (χ0) is 13.1. The first-order valence-corrected chi connectivity index (χ1v) is 6.44. The minimum Gasteiger partial charge on any atom is -0.368 e. The quantitative estimate of drug-likeness (QED) is 0.853. The van der Waals surface area contributed by atoms with Crippen LogP contribution < -0.4 is 10.6 Å². The number of likely N-dealkylation sites (tertiary alicyclic amines) is 1. The lowest BCUT2D eigenvalue weighted by molar-refractivity contribution is 0.173. The van der Waals surface area contributed by atoms with Crippen LogP contribution in [-0.2, 0) is 6.54 Å². The smallest absolute Gasteiger partial charge is 0.229 e. The molecule has 6 heteroatoms. The van der Waals surface area contributed by atoms with E-state index in [1.54, 1.807) is 0 Å². The van der Waals surface area contributed by atoms with Crippen molar-refractivity contribution in [2.24, 2.45) is 5.92 Å². The van der Waals surface area contributed by atoms with Gasteiger partial charge in [0.1, 0.15) is 5.82 Å². The fraction of sp³-hybridized carbons (Fsp3) is 0.750. The molecule has 6 nitrogen and oxygen atoms in total. The Hall–Kier alpha value is -1.43. The van der Waals surface area contributed by atoms with E-state index in [1.807, 2.05) is 19.0 Å². The molecule has 0 aliphatic carbocycles. The summed E-state index contributed by atoms with van der Waals surface area (Å²) in [6.45, 7) is 5.28. The van der Waals surface area contributed by atoms with Crippen molar-refractivity contribution in [2.45, 2.75) is 26.3 Å². The van der Waals surface area contributed by atoms with E-state index < -0.39 is 0 Å². The van der Waals surface area contributed by atoms with E-state index in [1.165, 1.54) is 12.8 Å². The lowest BCUT2D eigenvalue weighted by atomic mass is 10.0. The number of anilines is 2. The Morgan fingerprint density at radius 2 is 2.11 bits per heavy atom. The van der Waals surface area contributed by atoms with Crippen LogP contribution in [0.15, 0.2) is 0 Å². The van der Waals surface area contributed by atoms with Crippen LogP contribution in [0.25, 0.3) is 0 Å². The molecule has 1 unspecified atom stereocenters. The summed E-state index contributed by atoms with van der Waals surface area (Å²) >= 11 is 0. The molecule has 2 rings (SSSR count). The first kappa shape index (κ1) is 13.0. The first-order chi connectivity index (χ1) is 8.54. The van der Waals surface area contributed by atoms with Crippen LogP contribution in [-0.4, -0.2) is 47.0 Å². The van der Waals surface area contributed by atoms with Gasteiger partial charge in [0.2, 0.25) is 11.9 Å². The van der Waals surface area contributed by atoms with Gasteiger partial charge in [0.15, 0.2) is 0 Å². The van der Waals surface area contributed by atoms with Crippen LogP contribution in [0, 0.1) is 5.92 Å². The lowest BCUT2D eigenvalue weighted by Gasteiger charge is -2.30. The fourth-order valence-corrected chi connectivity index (χ4v) is 2.33. The molecule has 0 radical (unpaired) electrons. The highest BCUT2D eigenvalue weighted by Crippen LogP contribution is 2.17. The van der Waals surface area contributed by atoms with Gasteiger partial charge in [-0.2, -0.15) is 15.0 Å². The Labute approximate surface area is 108 Å². The van der Waals surface area contributed by atoms with Crippen LogP contribution in [0.5, 0.6) is 0 Å². The SMILES string of the molecule is CC1CCCN(Cc2nc(N)nc(N(C)C)n2)C1. The van der Waals surface area contributed by atoms with Gasteiger partial charge in [-0.15, -0.1) is 0 Å². The van der Waals surface area contributed by atoms with Gasteiger partial charge >= 0.3 is 0 Å². The maximum Gasteiger partial charge on any atom is 0.229 e. The third-order valence-corrected chi connectivity index (χ3v) is 3.19. The average Bonchev–Trinajstić information content (AvgIpc) is 2.28. The number of nitrogens with zero attached hydrogens (tertiary/aromatic N) is 5. The van der Waals surface area contributed by atoms with Gasteiger partial charge in [-0.25, -0.2) is 0 Å². The second-order valence-electron chi connectivity index (χ2n) is 5.29. The molecule has 2 heterocycles. The number of piperidine rings is 1. The van der Waals surface area contributed by atoms with Crippen molar-refractivity contribution >= 4 is 11.9 Å². The van der Waals surface area contributed by atoms with Crippen LogP contribution >= 0.6 is 0 Å². The van der Waals surface area contributed by atoms with E-state index in [0.29, 0.717) is 11.9 Å². The molecule has 2 N–H and O–H groups in total. The molecule has 0 aromatic carbocycles. The number of nitrogen functional groups attached to an aromatic ring is 1. The summed E-state index contributed by atoms with van der Waals surface area (Å²) in [5.41, 5.74) is 5.72. The van der Waals surface area contributed by atoms with E-state index in [0.717, 1.165) is 31.4 Å². The van der Waals surface area contributed by atoms with Gasteiger partial charge in [0.05, 0.1) is 6.54 Å². The highest BCUT2D eigenvalue weighted by molar-refractivity contribution is 5.32. The van der Waals surface area contributed by atoms with Crippen LogP contribution in [0.2, 0.25) is 0 Å². The maximum atomic E-state index is 5.72. The molecule has 1 aliphatic rings. The molecule has 18 heavy (non-hydrogen) atoms. The summed E-state index contributed by atoms with van der Waals surface area (Å²) in [6.07, 6.45) is 2.57. The summed E-state index contributed by atoms with van der Waals surface area (Å²) in [4.78, 5) is 17.0. The van der Waals surface area contributed by atoms with E-state index in [2.05, 4.69) is 26.8 Å². The molecule has 100 valence electrons.